The second kappa shape index (κ2) is 8.35. The number of hydrogen-bond donors (Lipinski definition) is 1. The molecule has 1 atom stereocenters. The Labute approximate surface area is 159 Å². The summed E-state index contributed by atoms with van der Waals surface area (Å²) in [4.78, 5) is 28.2. The van der Waals surface area contributed by atoms with Crippen LogP contribution in [-0.2, 0) is 17.9 Å². The third-order valence-electron chi connectivity index (χ3n) is 4.63. The van der Waals surface area contributed by atoms with Crippen molar-refractivity contribution in [2.24, 2.45) is 0 Å². The predicted molar refractivity (Wildman–Crippen MR) is 101 cm³/mol. The first kappa shape index (κ1) is 19.1. The largest absolute Gasteiger partial charge is 0.359 e. The molecule has 1 fully saturated rings. The SMILES string of the molecule is CC(C)N1CC(NC(=O)c2cc(CN(C)Cc3ccccc3)on2)CC1=O. The molecule has 2 aromatic rings. The van der Waals surface area contributed by atoms with E-state index in [0.717, 1.165) is 6.54 Å². The van der Waals surface area contributed by atoms with Crippen LogP contribution in [0.2, 0.25) is 0 Å². The molecule has 2 amide bonds. The molecule has 0 aliphatic carbocycles. The van der Waals surface area contributed by atoms with Gasteiger partial charge < -0.3 is 14.7 Å². The molecule has 1 saturated heterocycles. The first-order chi connectivity index (χ1) is 12.9. The van der Waals surface area contributed by atoms with Gasteiger partial charge in [0, 0.05) is 31.6 Å². The molecule has 0 spiro atoms. The molecule has 1 aromatic carbocycles. The van der Waals surface area contributed by atoms with Crippen LogP contribution in [0.25, 0.3) is 0 Å². The predicted octanol–water partition coefficient (Wildman–Crippen LogP) is 2.05. The molecule has 7 nitrogen and oxygen atoms in total. The maximum Gasteiger partial charge on any atom is 0.273 e. The highest BCUT2D eigenvalue weighted by Gasteiger charge is 2.32. The van der Waals surface area contributed by atoms with Gasteiger partial charge in [0.25, 0.3) is 5.91 Å². The maximum absolute atomic E-state index is 12.4. The molecular weight excluding hydrogens is 344 g/mol. The Hall–Kier alpha value is -2.67. The number of nitrogens with one attached hydrogen (secondary N) is 1. The molecule has 0 radical (unpaired) electrons. The van der Waals surface area contributed by atoms with Crippen molar-refractivity contribution in [1.29, 1.82) is 0 Å². The van der Waals surface area contributed by atoms with Crippen molar-refractivity contribution < 1.29 is 14.1 Å². The van der Waals surface area contributed by atoms with Crippen molar-refractivity contribution in [3.8, 4) is 0 Å². The van der Waals surface area contributed by atoms with Gasteiger partial charge in [0.1, 0.15) is 0 Å². The van der Waals surface area contributed by atoms with E-state index in [-0.39, 0.29) is 29.6 Å². The van der Waals surface area contributed by atoms with Crippen LogP contribution in [0.3, 0.4) is 0 Å². The van der Waals surface area contributed by atoms with Crippen LogP contribution in [0.15, 0.2) is 40.9 Å². The molecule has 1 N–H and O–H groups in total. The van der Waals surface area contributed by atoms with Crippen LogP contribution in [0, 0.1) is 0 Å². The molecule has 1 aromatic heterocycles. The Morgan fingerprint density at radius 2 is 2.07 bits per heavy atom. The lowest BCUT2D eigenvalue weighted by Gasteiger charge is -2.20. The van der Waals surface area contributed by atoms with E-state index in [0.29, 0.717) is 25.3 Å². The molecule has 1 aliphatic rings. The molecule has 1 aliphatic heterocycles. The number of aromatic nitrogens is 1. The van der Waals surface area contributed by atoms with E-state index in [1.54, 1.807) is 11.0 Å². The van der Waals surface area contributed by atoms with Crippen molar-refractivity contribution in [3.05, 3.63) is 53.4 Å². The summed E-state index contributed by atoms with van der Waals surface area (Å²) in [6.45, 7) is 5.80. The van der Waals surface area contributed by atoms with Gasteiger partial charge in [0.15, 0.2) is 11.5 Å². The zero-order valence-electron chi connectivity index (χ0n) is 16.0. The minimum atomic E-state index is -0.306. The number of benzene rings is 1. The van der Waals surface area contributed by atoms with Gasteiger partial charge in [0.05, 0.1) is 12.6 Å². The van der Waals surface area contributed by atoms with Gasteiger partial charge in [-0.2, -0.15) is 0 Å². The van der Waals surface area contributed by atoms with Crippen molar-refractivity contribution in [1.82, 2.24) is 20.3 Å². The van der Waals surface area contributed by atoms with E-state index in [2.05, 4.69) is 27.5 Å². The molecule has 2 heterocycles. The zero-order valence-corrected chi connectivity index (χ0v) is 16.0. The quantitative estimate of drug-likeness (QED) is 0.807. The molecule has 3 rings (SSSR count). The fourth-order valence-electron chi connectivity index (χ4n) is 3.30. The smallest absolute Gasteiger partial charge is 0.273 e. The van der Waals surface area contributed by atoms with Crippen LogP contribution >= 0.6 is 0 Å². The number of nitrogens with zero attached hydrogens (tertiary/aromatic N) is 3. The van der Waals surface area contributed by atoms with Crippen LogP contribution in [-0.4, -0.2) is 52.4 Å². The number of hydrogen-bond acceptors (Lipinski definition) is 5. The number of carbonyl (C=O) groups excluding carboxylic acids is 2. The van der Waals surface area contributed by atoms with E-state index >= 15 is 0 Å². The lowest BCUT2D eigenvalue weighted by Crippen LogP contribution is -2.39. The molecule has 0 bridgehead atoms. The van der Waals surface area contributed by atoms with Gasteiger partial charge in [-0.3, -0.25) is 14.5 Å². The van der Waals surface area contributed by atoms with Gasteiger partial charge in [-0.25, -0.2) is 0 Å². The fourth-order valence-corrected chi connectivity index (χ4v) is 3.30. The number of amides is 2. The summed E-state index contributed by atoms with van der Waals surface area (Å²) in [7, 11) is 1.99. The Morgan fingerprint density at radius 1 is 1.33 bits per heavy atom. The minimum Gasteiger partial charge on any atom is -0.359 e. The van der Waals surface area contributed by atoms with Gasteiger partial charge in [-0.1, -0.05) is 35.5 Å². The minimum absolute atomic E-state index is 0.0682. The third kappa shape index (κ3) is 4.95. The Balaban J connectivity index is 1.52. The van der Waals surface area contributed by atoms with Gasteiger partial charge in [-0.15, -0.1) is 0 Å². The summed E-state index contributed by atoms with van der Waals surface area (Å²) >= 11 is 0. The van der Waals surface area contributed by atoms with Crippen LogP contribution in [0.5, 0.6) is 0 Å². The number of carbonyl (C=O) groups is 2. The molecular formula is C20H26N4O3. The molecule has 27 heavy (non-hydrogen) atoms. The summed E-state index contributed by atoms with van der Waals surface area (Å²) in [5.74, 6) is 0.391. The second-order valence-corrected chi connectivity index (χ2v) is 7.35. The Bertz CT molecular complexity index is 788. The van der Waals surface area contributed by atoms with E-state index < -0.39 is 0 Å². The van der Waals surface area contributed by atoms with Crippen molar-refractivity contribution in [2.75, 3.05) is 13.6 Å². The van der Waals surface area contributed by atoms with Crippen molar-refractivity contribution >= 4 is 11.8 Å². The molecule has 1 unspecified atom stereocenters. The highest BCUT2D eigenvalue weighted by atomic mass is 16.5. The standard InChI is InChI=1S/C20H26N4O3/c1-14(2)24-12-16(9-19(24)25)21-20(26)18-10-17(27-22-18)13-23(3)11-15-7-5-4-6-8-15/h4-8,10,14,16H,9,11-13H2,1-3H3,(H,21,26). The van der Waals surface area contributed by atoms with Gasteiger partial charge in [-0.05, 0) is 26.5 Å². The lowest BCUT2D eigenvalue weighted by atomic mass is 10.2. The lowest BCUT2D eigenvalue weighted by molar-refractivity contribution is -0.129. The van der Waals surface area contributed by atoms with Gasteiger partial charge in [0.2, 0.25) is 5.91 Å². The third-order valence-corrected chi connectivity index (χ3v) is 4.63. The Morgan fingerprint density at radius 3 is 2.74 bits per heavy atom. The van der Waals surface area contributed by atoms with Gasteiger partial charge >= 0.3 is 0 Å². The van der Waals surface area contributed by atoms with Crippen molar-refractivity contribution in [2.45, 2.75) is 45.4 Å². The maximum atomic E-state index is 12.4. The fraction of sp³-hybridized carbons (Fsp3) is 0.450. The monoisotopic (exact) mass is 370 g/mol. The average molecular weight is 370 g/mol. The Kier molecular flexibility index (Phi) is 5.91. The normalized spacial score (nSPS) is 17.1. The summed E-state index contributed by atoms with van der Waals surface area (Å²) in [6, 6.07) is 11.8. The average Bonchev–Trinajstić information content (AvgIpc) is 3.22. The number of likely N-dealkylation sites (tertiary alicyclic amines) is 1. The topological polar surface area (TPSA) is 78.7 Å². The summed E-state index contributed by atoms with van der Waals surface area (Å²) in [5.41, 5.74) is 1.45. The van der Waals surface area contributed by atoms with E-state index in [9.17, 15) is 9.59 Å². The number of rotatable bonds is 7. The summed E-state index contributed by atoms with van der Waals surface area (Å²) in [6.07, 6.45) is 0.328. The van der Waals surface area contributed by atoms with Crippen LogP contribution < -0.4 is 5.32 Å². The van der Waals surface area contributed by atoms with E-state index in [1.807, 2.05) is 39.1 Å². The van der Waals surface area contributed by atoms with Crippen LogP contribution in [0.4, 0.5) is 0 Å². The first-order valence-corrected chi connectivity index (χ1v) is 9.20. The summed E-state index contributed by atoms with van der Waals surface area (Å²) < 4.78 is 5.31. The zero-order chi connectivity index (χ0) is 19.4. The molecule has 144 valence electrons. The van der Waals surface area contributed by atoms with E-state index in [1.165, 1.54) is 5.56 Å². The highest BCUT2D eigenvalue weighted by Crippen LogP contribution is 2.15. The molecule has 7 heteroatoms. The highest BCUT2D eigenvalue weighted by molar-refractivity contribution is 5.93. The molecule has 0 saturated carbocycles. The summed E-state index contributed by atoms with van der Waals surface area (Å²) in [5, 5.41) is 6.76. The first-order valence-electron chi connectivity index (χ1n) is 9.20. The van der Waals surface area contributed by atoms with E-state index in [4.69, 9.17) is 4.52 Å². The van der Waals surface area contributed by atoms with Crippen LogP contribution in [0.1, 0.15) is 42.1 Å². The van der Waals surface area contributed by atoms with Crippen molar-refractivity contribution in [3.63, 3.8) is 0 Å². The second-order valence-electron chi connectivity index (χ2n) is 7.35.